The number of ketones is 1. The summed E-state index contributed by atoms with van der Waals surface area (Å²) in [6, 6.07) is 14.9. The van der Waals surface area contributed by atoms with Gasteiger partial charge in [-0.05, 0) is 75.3 Å². The number of hydrogen-bond donors (Lipinski definition) is 3. The molecular weight excluding hydrogens is 819 g/mol. The minimum absolute atomic E-state index is 0.0355. The zero-order valence-electron chi connectivity index (χ0n) is 36.8. The fourth-order valence-electron chi connectivity index (χ4n) is 10.5. The summed E-state index contributed by atoms with van der Waals surface area (Å²) in [7, 11) is 1.29. The first kappa shape index (κ1) is 45.9. The normalized spacial score (nSPS) is 32.3. The van der Waals surface area contributed by atoms with Crippen molar-refractivity contribution in [3.05, 3.63) is 82.9 Å². The fourth-order valence-corrected chi connectivity index (χ4v) is 10.5. The molecule has 1 aliphatic heterocycles. The molecule has 4 aliphatic carbocycles. The number of hydrogen-bond acceptors (Lipinski definition) is 15. The van der Waals surface area contributed by atoms with Gasteiger partial charge in [0.15, 0.2) is 23.6 Å². The molecule has 0 unspecified atom stereocenters. The molecule has 4 fully saturated rings. The topological polar surface area (TPSA) is 220 Å². The molecule has 5 aliphatic rings. The van der Waals surface area contributed by atoms with Gasteiger partial charge in [0.05, 0.1) is 24.1 Å². The number of aliphatic hydroxyl groups is 2. The zero-order chi connectivity index (χ0) is 45.9. The number of rotatable bonds is 12. The van der Waals surface area contributed by atoms with Crippen molar-refractivity contribution in [1.82, 2.24) is 5.32 Å². The molecule has 3 saturated carbocycles. The van der Waals surface area contributed by atoms with Gasteiger partial charge in [-0.3, -0.25) is 9.59 Å². The summed E-state index contributed by atoms with van der Waals surface area (Å²) in [5.74, 6) is -5.79. The average Bonchev–Trinajstić information content (AvgIpc) is 3.96. The first-order valence-corrected chi connectivity index (χ1v) is 21.3. The van der Waals surface area contributed by atoms with Crippen molar-refractivity contribution >= 4 is 35.8 Å². The molecule has 1 saturated heterocycles. The van der Waals surface area contributed by atoms with Crippen LogP contribution in [0.4, 0.5) is 4.79 Å². The van der Waals surface area contributed by atoms with Crippen molar-refractivity contribution in [2.45, 2.75) is 128 Å². The second-order valence-electron chi connectivity index (χ2n) is 18.9. The molecule has 1 heterocycles. The highest BCUT2D eigenvalue weighted by atomic mass is 16.6. The number of benzene rings is 2. The molecule has 0 aromatic heterocycles. The van der Waals surface area contributed by atoms with Crippen LogP contribution >= 0.6 is 0 Å². The Labute approximate surface area is 365 Å². The van der Waals surface area contributed by atoms with E-state index in [0.717, 1.165) is 0 Å². The van der Waals surface area contributed by atoms with Gasteiger partial charge < -0.3 is 48.7 Å². The Hall–Kier alpha value is -5.16. The van der Waals surface area contributed by atoms with E-state index in [1.165, 1.54) is 19.2 Å². The van der Waals surface area contributed by atoms with Crippen LogP contribution in [0.3, 0.4) is 0 Å². The fraction of sp³-hybridized carbons (Fsp3) is 0.574. The number of methoxy groups -OCH3 is 1. The van der Waals surface area contributed by atoms with Crippen LogP contribution in [-0.2, 0) is 52.3 Å². The lowest BCUT2D eigenvalue weighted by atomic mass is 9.48. The SMILES string of the molecule is CCC(=O)O[C@@]12CO[C@@H]1C[C@@H]1C[C@@]13C(=O)[C@H](OC(=O)COC)C1=C(C)[C@@H](OC(=O)[C@H](O)[C@@H](NC(=O)OC(C)(C)C)c4ccccc4)C[C@@](O)([C@@H](OC(=O)c4ccccc4)[C@H]23)C1(C)C. The Bertz CT molecular complexity index is 2170. The number of carbonyl (C=O) groups excluding carboxylic acids is 6. The van der Waals surface area contributed by atoms with Gasteiger partial charge in [0, 0.05) is 30.8 Å². The van der Waals surface area contributed by atoms with E-state index >= 15 is 4.79 Å². The predicted octanol–water partition coefficient (Wildman–Crippen LogP) is 4.49. The number of amides is 1. The Kier molecular flexibility index (Phi) is 12.2. The van der Waals surface area contributed by atoms with Gasteiger partial charge in [-0.15, -0.1) is 0 Å². The summed E-state index contributed by atoms with van der Waals surface area (Å²) in [5, 5.41) is 28.1. The maximum Gasteiger partial charge on any atom is 0.408 e. The quantitative estimate of drug-likeness (QED) is 0.152. The van der Waals surface area contributed by atoms with Crippen molar-refractivity contribution in [2.75, 3.05) is 20.3 Å². The minimum atomic E-state index is -2.28. The highest BCUT2D eigenvalue weighted by Crippen LogP contribution is 2.74. The van der Waals surface area contributed by atoms with Crippen LogP contribution in [0.5, 0.6) is 0 Å². The Balaban J connectivity index is 1.39. The molecule has 11 atom stereocenters. The largest absolute Gasteiger partial charge is 0.456 e. The second kappa shape index (κ2) is 16.8. The van der Waals surface area contributed by atoms with Gasteiger partial charge in [-0.2, -0.15) is 0 Å². The standard InChI is InChI=1S/C47H57NO15/c1-9-31(49)62-46-24-58-30(46)20-28-21-45(28)37(46)39(61-40(53)27-18-14-11-15-19-27)47(56)22-29(25(2)33(44(47,6)7)36(38(45)52)60-32(50)23-57-8)59-41(54)35(51)34(26-16-12-10-13-17-26)48-42(55)63-43(3,4)5/h10-19,28-30,34-37,39,51,56H,9,20-24H2,1-8H3,(H,48,55)/t28-,29+,30-,34+,35-,36-,37+,39+,45-,46+,47-/m1/s1. The van der Waals surface area contributed by atoms with Gasteiger partial charge >= 0.3 is 30.0 Å². The van der Waals surface area contributed by atoms with E-state index in [1.807, 2.05) is 0 Å². The van der Waals surface area contributed by atoms with Crippen molar-refractivity contribution in [1.29, 1.82) is 0 Å². The smallest absolute Gasteiger partial charge is 0.408 e. The lowest BCUT2D eigenvalue weighted by Gasteiger charge is -2.64. The second-order valence-corrected chi connectivity index (χ2v) is 18.9. The van der Waals surface area contributed by atoms with Gasteiger partial charge in [0.25, 0.3) is 0 Å². The molecule has 2 bridgehead atoms. The van der Waals surface area contributed by atoms with Crippen molar-refractivity contribution in [2.24, 2.45) is 22.7 Å². The van der Waals surface area contributed by atoms with Crippen LogP contribution in [0.25, 0.3) is 0 Å². The number of alkyl carbamates (subject to hydrolysis) is 1. The van der Waals surface area contributed by atoms with Crippen molar-refractivity contribution in [3.8, 4) is 0 Å². The van der Waals surface area contributed by atoms with Crippen LogP contribution < -0.4 is 5.32 Å². The van der Waals surface area contributed by atoms with Crippen molar-refractivity contribution in [3.63, 3.8) is 0 Å². The number of aliphatic hydroxyl groups excluding tert-OH is 1. The molecule has 16 nitrogen and oxygen atoms in total. The zero-order valence-corrected chi connectivity index (χ0v) is 36.8. The third kappa shape index (κ3) is 7.93. The van der Waals surface area contributed by atoms with E-state index in [0.29, 0.717) is 12.0 Å². The molecule has 1 amide bonds. The number of Topliss-reactive ketones (excluding diaryl/α,β-unsaturated/α-hetero) is 1. The molecule has 63 heavy (non-hydrogen) atoms. The molecule has 1 spiro atoms. The first-order chi connectivity index (χ1) is 29.6. The molecule has 2 aromatic rings. The Morgan fingerprint density at radius 2 is 1.59 bits per heavy atom. The third-order valence-corrected chi connectivity index (χ3v) is 13.7. The van der Waals surface area contributed by atoms with Gasteiger partial charge in [0.2, 0.25) is 0 Å². The highest BCUT2D eigenvalue weighted by molar-refractivity contribution is 5.98. The number of esters is 4. The van der Waals surface area contributed by atoms with E-state index in [1.54, 1.807) is 97.0 Å². The average molecular weight is 876 g/mol. The van der Waals surface area contributed by atoms with Crippen LogP contribution in [0.1, 0.15) is 96.1 Å². The molecule has 7 rings (SSSR count). The van der Waals surface area contributed by atoms with Crippen LogP contribution in [-0.4, -0.2) is 114 Å². The van der Waals surface area contributed by atoms with Gasteiger partial charge in [-0.25, -0.2) is 19.2 Å². The summed E-state index contributed by atoms with van der Waals surface area (Å²) in [6.07, 6.45) is -8.46. The highest BCUT2D eigenvalue weighted by Gasteiger charge is 2.84. The Morgan fingerprint density at radius 3 is 2.17 bits per heavy atom. The monoisotopic (exact) mass is 875 g/mol. The maximum atomic E-state index is 15.7. The van der Waals surface area contributed by atoms with Crippen LogP contribution in [0.15, 0.2) is 71.8 Å². The van der Waals surface area contributed by atoms with Crippen molar-refractivity contribution < 1.29 is 72.1 Å². The lowest BCUT2D eigenvalue weighted by molar-refractivity contribution is -0.323. The van der Waals surface area contributed by atoms with E-state index in [-0.39, 0.29) is 36.2 Å². The molecule has 340 valence electrons. The van der Waals surface area contributed by atoms with Crippen LogP contribution in [0.2, 0.25) is 0 Å². The lowest BCUT2D eigenvalue weighted by Crippen LogP contribution is -2.78. The summed E-state index contributed by atoms with van der Waals surface area (Å²) < 4.78 is 41.6. The van der Waals surface area contributed by atoms with Crippen LogP contribution in [0, 0.1) is 22.7 Å². The van der Waals surface area contributed by atoms with E-state index in [9.17, 15) is 34.2 Å². The van der Waals surface area contributed by atoms with E-state index < -0.39 is 125 Å². The Morgan fingerprint density at radius 1 is 0.937 bits per heavy atom. The van der Waals surface area contributed by atoms with E-state index in [2.05, 4.69) is 5.32 Å². The van der Waals surface area contributed by atoms with Gasteiger partial charge in [0.1, 0.15) is 36.1 Å². The molecule has 16 heteroatoms. The summed E-state index contributed by atoms with van der Waals surface area (Å²) in [4.78, 5) is 84.3. The number of carbonyl (C=O) groups is 6. The molecular formula is C47H57NO15. The summed E-state index contributed by atoms with van der Waals surface area (Å²) in [6.45, 7) is 10.7. The molecule has 0 radical (unpaired) electrons. The number of nitrogens with one attached hydrogen (secondary N) is 1. The first-order valence-electron chi connectivity index (χ1n) is 21.3. The maximum absolute atomic E-state index is 15.7. The summed E-state index contributed by atoms with van der Waals surface area (Å²) in [5.41, 5.74) is -7.03. The third-order valence-electron chi connectivity index (χ3n) is 13.7. The predicted molar refractivity (Wildman–Crippen MR) is 220 cm³/mol. The van der Waals surface area contributed by atoms with E-state index in [4.69, 9.17) is 33.2 Å². The molecule has 2 aromatic carbocycles. The molecule has 3 N–H and O–H groups in total. The number of ether oxygens (including phenoxy) is 7. The minimum Gasteiger partial charge on any atom is -0.456 e. The van der Waals surface area contributed by atoms with Gasteiger partial charge in [-0.1, -0.05) is 69.3 Å². The number of fused-ring (bicyclic) bond motifs is 4. The summed E-state index contributed by atoms with van der Waals surface area (Å²) >= 11 is 0.